The van der Waals surface area contributed by atoms with Gasteiger partial charge in [-0.3, -0.25) is 4.79 Å². The third-order valence-corrected chi connectivity index (χ3v) is 1.93. The standard InChI is InChI=1S/C11H14O.ClH/c1-2-11(12)9-8-10-6-4-3-5-7-10;/h3-7H,2,8-9H2,1H3;1H. The Morgan fingerprint density at radius 3 is 2.38 bits per heavy atom. The minimum atomic E-state index is 0. The number of hydrogen-bond acceptors (Lipinski definition) is 1. The van der Waals surface area contributed by atoms with Gasteiger partial charge >= 0.3 is 0 Å². The molecule has 1 rings (SSSR count). The summed E-state index contributed by atoms with van der Waals surface area (Å²) >= 11 is 0. The quantitative estimate of drug-likeness (QED) is 0.727. The minimum absolute atomic E-state index is 0. The van der Waals surface area contributed by atoms with Crippen LogP contribution in [-0.4, -0.2) is 5.78 Å². The van der Waals surface area contributed by atoms with Crippen LogP contribution in [0.3, 0.4) is 0 Å². The average Bonchev–Trinajstić information content (AvgIpc) is 2.16. The minimum Gasteiger partial charge on any atom is -0.300 e. The van der Waals surface area contributed by atoms with Crippen molar-refractivity contribution in [3.05, 3.63) is 35.9 Å². The molecule has 0 aliphatic rings. The van der Waals surface area contributed by atoms with E-state index in [0.29, 0.717) is 18.6 Å². The maximum absolute atomic E-state index is 11.0. The summed E-state index contributed by atoms with van der Waals surface area (Å²) in [6.07, 6.45) is 2.22. The van der Waals surface area contributed by atoms with Gasteiger partial charge in [-0.25, -0.2) is 0 Å². The van der Waals surface area contributed by atoms with Crippen molar-refractivity contribution in [2.75, 3.05) is 0 Å². The predicted molar refractivity (Wildman–Crippen MR) is 57.3 cm³/mol. The summed E-state index contributed by atoms with van der Waals surface area (Å²) in [7, 11) is 0. The van der Waals surface area contributed by atoms with Crippen molar-refractivity contribution >= 4 is 18.2 Å². The highest BCUT2D eigenvalue weighted by molar-refractivity contribution is 5.85. The summed E-state index contributed by atoms with van der Waals surface area (Å²) in [4.78, 5) is 11.0. The van der Waals surface area contributed by atoms with Gasteiger partial charge in [-0.15, -0.1) is 12.4 Å². The maximum Gasteiger partial charge on any atom is 0.132 e. The van der Waals surface area contributed by atoms with Crippen molar-refractivity contribution in [1.29, 1.82) is 0 Å². The Hall–Kier alpha value is -0.820. The molecular weight excluding hydrogens is 184 g/mol. The Morgan fingerprint density at radius 2 is 1.85 bits per heavy atom. The lowest BCUT2D eigenvalue weighted by Gasteiger charge is -1.98. The third kappa shape index (κ3) is 4.69. The zero-order valence-corrected chi connectivity index (χ0v) is 8.64. The molecule has 72 valence electrons. The van der Waals surface area contributed by atoms with Crippen LogP contribution in [0.5, 0.6) is 0 Å². The van der Waals surface area contributed by atoms with Gasteiger partial charge in [0.2, 0.25) is 0 Å². The van der Waals surface area contributed by atoms with Gasteiger partial charge in [-0.05, 0) is 12.0 Å². The summed E-state index contributed by atoms with van der Waals surface area (Å²) < 4.78 is 0. The van der Waals surface area contributed by atoms with E-state index in [-0.39, 0.29) is 12.4 Å². The lowest BCUT2D eigenvalue weighted by Crippen LogP contribution is -1.97. The molecule has 1 nitrogen and oxygen atoms in total. The Balaban J connectivity index is 0.00000144. The predicted octanol–water partition coefficient (Wildman–Crippen LogP) is 3.02. The molecule has 0 spiro atoms. The van der Waals surface area contributed by atoms with Crippen molar-refractivity contribution in [3.8, 4) is 0 Å². The molecule has 0 amide bonds. The Morgan fingerprint density at radius 1 is 1.23 bits per heavy atom. The fourth-order valence-electron chi connectivity index (χ4n) is 1.11. The van der Waals surface area contributed by atoms with E-state index in [1.165, 1.54) is 5.56 Å². The molecule has 0 aromatic heterocycles. The number of ketones is 1. The first kappa shape index (κ1) is 12.2. The summed E-state index contributed by atoms with van der Waals surface area (Å²) in [5.41, 5.74) is 1.25. The van der Waals surface area contributed by atoms with Crippen molar-refractivity contribution in [3.63, 3.8) is 0 Å². The lowest BCUT2D eigenvalue weighted by atomic mass is 10.1. The third-order valence-electron chi connectivity index (χ3n) is 1.93. The number of rotatable bonds is 4. The number of aryl methyl sites for hydroxylation is 1. The average molecular weight is 199 g/mol. The van der Waals surface area contributed by atoms with Gasteiger partial charge in [0.05, 0.1) is 0 Å². The second kappa shape index (κ2) is 6.67. The molecule has 0 fully saturated rings. The maximum atomic E-state index is 11.0. The van der Waals surface area contributed by atoms with Crippen LogP contribution in [0.4, 0.5) is 0 Å². The number of carbonyl (C=O) groups is 1. The Bertz CT molecular complexity index is 244. The van der Waals surface area contributed by atoms with Crippen LogP contribution in [0, 0.1) is 0 Å². The zero-order chi connectivity index (χ0) is 8.81. The van der Waals surface area contributed by atoms with E-state index in [9.17, 15) is 4.79 Å². The largest absolute Gasteiger partial charge is 0.300 e. The fraction of sp³-hybridized carbons (Fsp3) is 0.364. The van der Waals surface area contributed by atoms with E-state index in [1.54, 1.807) is 0 Å². The Labute approximate surface area is 85.6 Å². The van der Waals surface area contributed by atoms with Crippen molar-refractivity contribution < 1.29 is 4.79 Å². The van der Waals surface area contributed by atoms with Gasteiger partial charge < -0.3 is 0 Å². The van der Waals surface area contributed by atoms with Crippen LogP contribution in [0.15, 0.2) is 30.3 Å². The molecule has 1 aromatic carbocycles. The van der Waals surface area contributed by atoms with Gasteiger partial charge in [0.15, 0.2) is 0 Å². The zero-order valence-electron chi connectivity index (χ0n) is 7.82. The molecule has 0 atom stereocenters. The van der Waals surface area contributed by atoms with E-state index < -0.39 is 0 Å². The molecule has 0 saturated carbocycles. The van der Waals surface area contributed by atoms with Gasteiger partial charge in [0.1, 0.15) is 5.78 Å². The fourth-order valence-corrected chi connectivity index (χ4v) is 1.11. The molecule has 13 heavy (non-hydrogen) atoms. The van der Waals surface area contributed by atoms with Gasteiger partial charge in [-0.1, -0.05) is 37.3 Å². The SMILES string of the molecule is CCC(=O)CCc1ccccc1.Cl. The van der Waals surface area contributed by atoms with Crippen LogP contribution in [0.2, 0.25) is 0 Å². The molecule has 1 aromatic rings. The smallest absolute Gasteiger partial charge is 0.132 e. The van der Waals surface area contributed by atoms with Crippen LogP contribution in [0.1, 0.15) is 25.3 Å². The summed E-state index contributed by atoms with van der Waals surface area (Å²) in [5, 5.41) is 0. The van der Waals surface area contributed by atoms with Crippen molar-refractivity contribution in [2.45, 2.75) is 26.2 Å². The molecular formula is C11H15ClO. The number of halogens is 1. The summed E-state index contributed by atoms with van der Waals surface area (Å²) in [6.45, 7) is 1.91. The molecule has 2 heteroatoms. The first-order valence-electron chi connectivity index (χ1n) is 4.38. The molecule has 0 aliphatic carbocycles. The van der Waals surface area contributed by atoms with Crippen molar-refractivity contribution in [2.24, 2.45) is 0 Å². The van der Waals surface area contributed by atoms with Crippen molar-refractivity contribution in [1.82, 2.24) is 0 Å². The lowest BCUT2D eigenvalue weighted by molar-refractivity contribution is -0.118. The number of Topliss-reactive ketones (excluding diaryl/α,β-unsaturated/α-hetero) is 1. The monoisotopic (exact) mass is 198 g/mol. The highest BCUT2D eigenvalue weighted by Gasteiger charge is 1.98. The first-order chi connectivity index (χ1) is 5.83. The van der Waals surface area contributed by atoms with E-state index in [1.807, 2.05) is 25.1 Å². The summed E-state index contributed by atoms with van der Waals surface area (Å²) in [5.74, 6) is 0.346. The molecule has 0 bridgehead atoms. The number of hydrogen-bond donors (Lipinski definition) is 0. The summed E-state index contributed by atoms with van der Waals surface area (Å²) in [6, 6.07) is 10.1. The second-order valence-electron chi connectivity index (χ2n) is 2.88. The molecule has 0 heterocycles. The van der Waals surface area contributed by atoms with E-state index in [4.69, 9.17) is 0 Å². The molecule has 0 radical (unpaired) electrons. The second-order valence-corrected chi connectivity index (χ2v) is 2.88. The van der Waals surface area contributed by atoms with Crippen LogP contribution < -0.4 is 0 Å². The van der Waals surface area contributed by atoms with E-state index in [0.717, 1.165) is 6.42 Å². The van der Waals surface area contributed by atoms with Gasteiger partial charge in [0.25, 0.3) is 0 Å². The van der Waals surface area contributed by atoms with E-state index in [2.05, 4.69) is 12.1 Å². The Kier molecular flexibility index (Phi) is 6.25. The van der Waals surface area contributed by atoms with Crippen LogP contribution >= 0.6 is 12.4 Å². The number of carbonyl (C=O) groups excluding carboxylic acids is 1. The highest BCUT2D eigenvalue weighted by Crippen LogP contribution is 2.03. The van der Waals surface area contributed by atoms with E-state index >= 15 is 0 Å². The van der Waals surface area contributed by atoms with Gasteiger partial charge in [-0.2, -0.15) is 0 Å². The normalized spacial score (nSPS) is 9.00. The molecule has 0 saturated heterocycles. The molecule has 0 unspecified atom stereocenters. The number of benzene rings is 1. The topological polar surface area (TPSA) is 17.1 Å². The van der Waals surface area contributed by atoms with Crippen LogP contribution in [-0.2, 0) is 11.2 Å². The molecule has 0 aliphatic heterocycles. The van der Waals surface area contributed by atoms with Crippen LogP contribution in [0.25, 0.3) is 0 Å². The van der Waals surface area contributed by atoms with Gasteiger partial charge in [0, 0.05) is 12.8 Å². The molecule has 0 N–H and O–H groups in total. The highest BCUT2D eigenvalue weighted by atomic mass is 35.5. The first-order valence-corrected chi connectivity index (χ1v) is 4.38.